The number of hydrogen-bond donors (Lipinski definition) is 0. The summed E-state index contributed by atoms with van der Waals surface area (Å²) in [5.74, 6) is 1.22. The summed E-state index contributed by atoms with van der Waals surface area (Å²) in [5, 5.41) is 4.60. The maximum Gasteiger partial charge on any atom is 0.252 e. The number of rotatable bonds is 5. The van der Waals surface area contributed by atoms with Gasteiger partial charge >= 0.3 is 0 Å². The third-order valence-corrected chi connectivity index (χ3v) is 3.42. The number of methoxy groups -OCH3 is 2. The predicted octanol–water partition coefficient (Wildman–Crippen LogP) is 3.61. The second kappa shape index (κ2) is 6.76. The summed E-state index contributed by atoms with van der Waals surface area (Å²) in [5.41, 5.74) is 2.35. The van der Waals surface area contributed by atoms with Crippen LogP contribution in [0.3, 0.4) is 0 Å². The molecule has 0 fully saturated rings. The molecule has 0 bridgehead atoms. The highest BCUT2D eigenvalue weighted by Crippen LogP contribution is 2.30. The van der Waals surface area contributed by atoms with Crippen LogP contribution in [-0.4, -0.2) is 29.3 Å². The first-order valence-corrected chi connectivity index (χ1v) is 7.22. The van der Waals surface area contributed by atoms with Crippen molar-refractivity contribution in [3.63, 3.8) is 0 Å². The SMILES string of the molecule is COCc1nc(-c2ccc(-c3ccc(Cl)cc3)nc2OC)no1. The van der Waals surface area contributed by atoms with Crippen LogP contribution in [0.2, 0.25) is 5.02 Å². The maximum absolute atomic E-state index is 5.91. The second-order valence-corrected chi connectivity index (χ2v) is 5.14. The minimum absolute atomic E-state index is 0.256. The highest BCUT2D eigenvalue weighted by Gasteiger charge is 2.15. The van der Waals surface area contributed by atoms with Gasteiger partial charge in [0, 0.05) is 17.7 Å². The first-order valence-electron chi connectivity index (χ1n) is 6.84. The van der Waals surface area contributed by atoms with Gasteiger partial charge in [0.15, 0.2) is 0 Å². The fraction of sp³-hybridized carbons (Fsp3) is 0.188. The van der Waals surface area contributed by atoms with E-state index in [1.165, 1.54) is 0 Å². The fourth-order valence-electron chi connectivity index (χ4n) is 2.09. The van der Waals surface area contributed by atoms with Crippen molar-refractivity contribution in [2.24, 2.45) is 0 Å². The van der Waals surface area contributed by atoms with Crippen molar-refractivity contribution in [1.82, 2.24) is 15.1 Å². The monoisotopic (exact) mass is 331 g/mol. The van der Waals surface area contributed by atoms with Gasteiger partial charge < -0.3 is 14.0 Å². The van der Waals surface area contributed by atoms with Gasteiger partial charge in [-0.1, -0.05) is 28.9 Å². The van der Waals surface area contributed by atoms with Gasteiger partial charge in [-0.3, -0.25) is 0 Å². The van der Waals surface area contributed by atoms with Gasteiger partial charge in [0.1, 0.15) is 6.61 Å². The second-order valence-electron chi connectivity index (χ2n) is 4.70. The summed E-state index contributed by atoms with van der Waals surface area (Å²) >= 11 is 5.91. The van der Waals surface area contributed by atoms with E-state index in [-0.39, 0.29) is 6.61 Å². The van der Waals surface area contributed by atoms with Crippen molar-refractivity contribution < 1.29 is 14.0 Å². The maximum atomic E-state index is 5.91. The minimum atomic E-state index is 0.256. The van der Waals surface area contributed by atoms with Crippen LogP contribution in [0.15, 0.2) is 40.9 Å². The Bertz CT molecular complexity index is 803. The van der Waals surface area contributed by atoms with E-state index < -0.39 is 0 Å². The number of hydrogen-bond acceptors (Lipinski definition) is 6. The van der Waals surface area contributed by atoms with E-state index in [4.69, 9.17) is 25.6 Å². The normalized spacial score (nSPS) is 10.7. The van der Waals surface area contributed by atoms with E-state index in [1.54, 1.807) is 14.2 Å². The lowest BCUT2D eigenvalue weighted by Crippen LogP contribution is -1.95. The molecule has 0 aliphatic rings. The van der Waals surface area contributed by atoms with Crippen molar-refractivity contribution in [2.45, 2.75) is 6.61 Å². The number of benzene rings is 1. The molecule has 0 amide bonds. The van der Waals surface area contributed by atoms with Crippen LogP contribution in [0.4, 0.5) is 0 Å². The van der Waals surface area contributed by atoms with E-state index in [2.05, 4.69) is 15.1 Å². The van der Waals surface area contributed by atoms with E-state index in [1.807, 2.05) is 36.4 Å². The Labute approximate surface area is 138 Å². The lowest BCUT2D eigenvalue weighted by molar-refractivity contribution is 0.151. The Morgan fingerprint density at radius 1 is 1.04 bits per heavy atom. The van der Waals surface area contributed by atoms with Crippen molar-refractivity contribution >= 4 is 11.6 Å². The molecule has 7 heteroatoms. The molecule has 0 aliphatic carbocycles. The van der Waals surface area contributed by atoms with Crippen LogP contribution >= 0.6 is 11.6 Å². The number of pyridine rings is 1. The summed E-state index contributed by atoms with van der Waals surface area (Å²) in [6.45, 7) is 0.256. The van der Waals surface area contributed by atoms with Gasteiger partial charge in [-0.15, -0.1) is 0 Å². The zero-order valence-electron chi connectivity index (χ0n) is 12.6. The Balaban J connectivity index is 1.97. The third-order valence-electron chi connectivity index (χ3n) is 3.17. The van der Waals surface area contributed by atoms with Gasteiger partial charge in [0.05, 0.1) is 18.4 Å². The molecule has 0 atom stereocenters. The quantitative estimate of drug-likeness (QED) is 0.711. The molecule has 3 aromatic rings. The smallest absolute Gasteiger partial charge is 0.252 e. The van der Waals surface area contributed by atoms with Crippen molar-refractivity contribution in [3.05, 3.63) is 47.3 Å². The van der Waals surface area contributed by atoms with Crippen LogP contribution in [-0.2, 0) is 11.3 Å². The molecule has 1 aromatic carbocycles. The van der Waals surface area contributed by atoms with Gasteiger partial charge in [0.2, 0.25) is 11.7 Å². The zero-order valence-corrected chi connectivity index (χ0v) is 13.4. The molecule has 0 radical (unpaired) electrons. The molecule has 0 aliphatic heterocycles. The minimum Gasteiger partial charge on any atom is -0.480 e. The van der Waals surface area contributed by atoms with Gasteiger partial charge in [-0.05, 0) is 24.3 Å². The molecule has 23 heavy (non-hydrogen) atoms. The van der Waals surface area contributed by atoms with Gasteiger partial charge in [-0.25, -0.2) is 4.98 Å². The Hall–Kier alpha value is -2.44. The summed E-state index contributed by atoms with van der Waals surface area (Å²) in [7, 11) is 3.11. The molecular formula is C16H14ClN3O3. The summed E-state index contributed by atoms with van der Waals surface area (Å²) in [4.78, 5) is 8.76. The standard InChI is InChI=1S/C16H14ClN3O3/c1-21-9-14-19-15(20-23-14)12-7-8-13(18-16(12)22-2)10-3-5-11(17)6-4-10/h3-8H,9H2,1-2H3. The third kappa shape index (κ3) is 3.33. The lowest BCUT2D eigenvalue weighted by atomic mass is 10.1. The van der Waals surface area contributed by atoms with E-state index in [0.29, 0.717) is 28.2 Å². The van der Waals surface area contributed by atoms with Gasteiger partial charge in [-0.2, -0.15) is 4.98 Å². The molecule has 0 spiro atoms. The highest BCUT2D eigenvalue weighted by atomic mass is 35.5. The number of ether oxygens (including phenoxy) is 2. The molecule has 0 unspecified atom stereocenters. The first kappa shape index (κ1) is 15.5. The number of nitrogens with zero attached hydrogens (tertiary/aromatic N) is 3. The Kier molecular flexibility index (Phi) is 4.55. The molecule has 0 saturated carbocycles. The summed E-state index contributed by atoms with van der Waals surface area (Å²) in [6, 6.07) is 11.1. The van der Waals surface area contributed by atoms with Crippen LogP contribution < -0.4 is 4.74 Å². The van der Waals surface area contributed by atoms with E-state index >= 15 is 0 Å². The fourth-order valence-corrected chi connectivity index (χ4v) is 2.22. The average molecular weight is 332 g/mol. The van der Waals surface area contributed by atoms with Crippen molar-refractivity contribution in [2.75, 3.05) is 14.2 Å². The average Bonchev–Trinajstić information content (AvgIpc) is 3.04. The molecular weight excluding hydrogens is 318 g/mol. The lowest BCUT2D eigenvalue weighted by Gasteiger charge is -2.07. The number of halogens is 1. The van der Waals surface area contributed by atoms with Crippen LogP contribution in [0.5, 0.6) is 5.88 Å². The molecule has 3 rings (SSSR count). The van der Waals surface area contributed by atoms with Crippen molar-refractivity contribution in [1.29, 1.82) is 0 Å². The number of aromatic nitrogens is 3. The zero-order chi connectivity index (χ0) is 16.2. The largest absolute Gasteiger partial charge is 0.480 e. The Morgan fingerprint density at radius 3 is 2.52 bits per heavy atom. The topological polar surface area (TPSA) is 70.3 Å². The summed E-state index contributed by atoms with van der Waals surface area (Å²) < 4.78 is 15.4. The Morgan fingerprint density at radius 2 is 1.83 bits per heavy atom. The molecule has 0 N–H and O–H groups in total. The van der Waals surface area contributed by atoms with Gasteiger partial charge in [0.25, 0.3) is 5.89 Å². The van der Waals surface area contributed by atoms with E-state index in [9.17, 15) is 0 Å². The molecule has 2 aromatic heterocycles. The first-order chi connectivity index (χ1) is 11.2. The molecule has 6 nitrogen and oxygen atoms in total. The summed E-state index contributed by atoms with van der Waals surface area (Å²) in [6.07, 6.45) is 0. The van der Waals surface area contributed by atoms with Crippen LogP contribution in [0.1, 0.15) is 5.89 Å². The van der Waals surface area contributed by atoms with Crippen LogP contribution in [0, 0.1) is 0 Å². The van der Waals surface area contributed by atoms with E-state index in [0.717, 1.165) is 11.3 Å². The predicted molar refractivity (Wildman–Crippen MR) is 85.2 cm³/mol. The molecule has 0 saturated heterocycles. The van der Waals surface area contributed by atoms with Crippen LogP contribution in [0.25, 0.3) is 22.6 Å². The molecule has 118 valence electrons. The highest BCUT2D eigenvalue weighted by molar-refractivity contribution is 6.30. The molecule has 2 heterocycles. The van der Waals surface area contributed by atoms with Crippen molar-refractivity contribution in [3.8, 4) is 28.5 Å².